The third-order valence-electron chi connectivity index (χ3n) is 1.26. The van der Waals surface area contributed by atoms with Gasteiger partial charge in [0.05, 0.1) is 0 Å². The topological polar surface area (TPSA) is 38.3 Å². The molecular weight excluding hydrogens is 130 g/mol. The SMILES string of the molecule is CNC(=O)CC(C)COC. The highest BCUT2D eigenvalue weighted by molar-refractivity contribution is 5.75. The smallest absolute Gasteiger partial charge is 0.220 e. The lowest BCUT2D eigenvalue weighted by Crippen LogP contribution is -2.21. The Morgan fingerprint density at radius 3 is 2.70 bits per heavy atom. The Balaban J connectivity index is 3.37. The summed E-state index contributed by atoms with van der Waals surface area (Å²) in [6.45, 7) is 2.63. The van der Waals surface area contributed by atoms with E-state index in [0.29, 0.717) is 18.9 Å². The number of methoxy groups -OCH3 is 1. The quantitative estimate of drug-likeness (QED) is 0.622. The minimum Gasteiger partial charge on any atom is -0.384 e. The molecule has 0 saturated heterocycles. The Morgan fingerprint density at radius 2 is 2.30 bits per heavy atom. The molecule has 0 bridgehead atoms. The van der Waals surface area contributed by atoms with Crippen molar-refractivity contribution in [2.24, 2.45) is 5.92 Å². The van der Waals surface area contributed by atoms with Gasteiger partial charge in [-0.3, -0.25) is 4.79 Å². The fourth-order valence-electron chi connectivity index (χ4n) is 0.762. The maximum Gasteiger partial charge on any atom is 0.220 e. The molecule has 1 unspecified atom stereocenters. The summed E-state index contributed by atoms with van der Waals surface area (Å²) in [5, 5.41) is 2.56. The minimum atomic E-state index is 0.0737. The molecule has 0 heterocycles. The van der Waals surface area contributed by atoms with Crippen molar-refractivity contribution in [3.8, 4) is 0 Å². The van der Waals surface area contributed by atoms with Crippen LogP contribution in [-0.2, 0) is 9.53 Å². The summed E-state index contributed by atoms with van der Waals surface area (Å²) in [6.07, 6.45) is 0.546. The molecule has 0 aromatic heterocycles. The molecule has 1 atom stereocenters. The van der Waals surface area contributed by atoms with Crippen LogP contribution >= 0.6 is 0 Å². The lowest BCUT2D eigenvalue weighted by molar-refractivity contribution is -0.121. The van der Waals surface area contributed by atoms with Gasteiger partial charge in [0.1, 0.15) is 0 Å². The fraction of sp³-hybridized carbons (Fsp3) is 0.857. The van der Waals surface area contributed by atoms with Crippen molar-refractivity contribution in [2.45, 2.75) is 13.3 Å². The Kier molecular flexibility index (Phi) is 4.94. The first-order valence-corrected chi connectivity index (χ1v) is 3.40. The van der Waals surface area contributed by atoms with Crippen LogP contribution in [0.1, 0.15) is 13.3 Å². The van der Waals surface area contributed by atoms with Gasteiger partial charge in [-0.1, -0.05) is 6.92 Å². The highest BCUT2D eigenvalue weighted by Crippen LogP contribution is 2.00. The van der Waals surface area contributed by atoms with Crippen molar-refractivity contribution < 1.29 is 9.53 Å². The Hall–Kier alpha value is -0.570. The van der Waals surface area contributed by atoms with E-state index in [1.54, 1.807) is 14.2 Å². The predicted octanol–water partition coefficient (Wildman–Crippen LogP) is 0.405. The average molecular weight is 145 g/mol. The number of rotatable bonds is 4. The molecule has 0 aromatic rings. The van der Waals surface area contributed by atoms with E-state index in [2.05, 4.69) is 5.32 Å². The molecule has 0 aliphatic rings. The van der Waals surface area contributed by atoms with Gasteiger partial charge < -0.3 is 10.1 Å². The zero-order valence-electron chi connectivity index (χ0n) is 6.81. The summed E-state index contributed by atoms with van der Waals surface area (Å²) in [4.78, 5) is 10.7. The Labute approximate surface area is 61.8 Å². The molecule has 3 nitrogen and oxygen atoms in total. The first-order valence-electron chi connectivity index (χ1n) is 3.40. The first-order chi connectivity index (χ1) is 4.70. The van der Waals surface area contributed by atoms with Gasteiger partial charge >= 0.3 is 0 Å². The lowest BCUT2D eigenvalue weighted by Gasteiger charge is -2.07. The lowest BCUT2D eigenvalue weighted by atomic mass is 10.1. The van der Waals surface area contributed by atoms with E-state index in [-0.39, 0.29) is 5.91 Å². The summed E-state index contributed by atoms with van der Waals surface area (Å²) < 4.78 is 4.87. The molecule has 3 heteroatoms. The summed E-state index contributed by atoms with van der Waals surface area (Å²) in [5.41, 5.74) is 0. The minimum absolute atomic E-state index is 0.0737. The molecule has 0 saturated carbocycles. The number of carbonyl (C=O) groups excluding carboxylic acids is 1. The van der Waals surface area contributed by atoms with Crippen LogP contribution in [0.4, 0.5) is 0 Å². The van der Waals surface area contributed by atoms with E-state index in [9.17, 15) is 4.79 Å². The highest BCUT2D eigenvalue weighted by Gasteiger charge is 2.05. The number of hydrogen-bond acceptors (Lipinski definition) is 2. The Bertz CT molecular complexity index is 104. The normalized spacial score (nSPS) is 12.7. The largest absolute Gasteiger partial charge is 0.384 e. The number of nitrogens with one attached hydrogen (secondary N) is 1. The van der Waals surface area contributed by atoms with E-state index in [1.165, 1.54) is 0 Å². The standard InChI is InChI=1S/C7H15NO2/c1-6(5-10-3)4-7(9)8-2/h6H,4-5H2,1-3H3,(H,8,9). The van der Waals surface area contributed by atoms with Crippen LogP contribution in [0.3, 0.4) is 0 Å². The molecule has 0 spiro atoms. The van der Waals surface area contributed by atoms with Crippen LogP contribution < -0.4 is 5.32 Å². The van der Waals surface area contributed by atoms with E-state index in [4.69, 9.17) is 4.74 Å². The van der Waals surface area contributed by atoms with Crippen molar-refractivity contribution >= 4 is 5.91 Å². The zero-order valence-corrected chi connectivity index (χ0v) is 6.81. The molecule has 0 fully saturated rings. The second-order valence-electron chi connectivity index (χ2n) is 2.44. The molecule has 0 aromatic carbocycles. The second-order valence-corrected chi connectivity index (χ2v) is 2.44. The van der Waals surface area contributed by atoms with Gasteiger partial charge in [0.15, 0.2) is 0 Å². The van der Waals surface area contributed by atoms with E-state index in [1.807, 2.05) is 6.92 Å². The van der Waals surface area contributed by atoms with Crippen molar-refractivity contribution in [2.75, 3.05) is 20.8 Å². The van der Waals surface area contributed by atoms with Gasteiger partial charge in [0.25, 0.3) is 0 Å². The van der Waals surface area contributed by atoms with Gasteiger partial charge in [-0.25, -0.2) is 0 Å². The van der Waals surface area contributed by atoms with Crippen molar-refractivity contribution in [1.29, 1.82) is 0 Å². The van der Waals surface area contributed by atoms with Gasteiger partial charge in [0.2, 0.25) is 5.91 Å². The molecule has 0 radical (unpaired) electrons. The van der Waals surface area contributed by atoms with Crippen LogP contribution in [0.5, 0.6) is 0 Å². The molecule has 10 heavy (non-hydrogen) atoms. The molecule has 0 aliphatic carbocycles. The molecule has 1 amide bonds. The summed E-state index contributed by atoms with van der Waals surface area (Å²) >= 11 is 0. The van der Waals surface area contributed by atoms with Gasteiger partial charge in [-0.05, 0) is 5.92 Å². The molecule has 60 valence electrons. The van der Waals surface area contributed by atoms with Crippen LogP contribution in [0.25, 0.3) is 0 Å². The summed E-state index contributed by atoms with van der Waals surface area (Å²) in [7, 11) is 3.28. The van der Waals surface area contributed by atoms with E-state index >= 15 is 0 Å². The second kappa shape index (κ2) is 5.23. The summed E-state index contributed by atoms with van der Waals surface area (Å²) in [6, 6.07) is 0. The van der Waals surface area contributed by atoms with Crippen LogP contribution in [0.15, 0.2) is 0 Å². The van der Waals surface area contributed by atoms with Crippen molar-refractivity contribution in [1.82, 2.24) is 5.32 Å². The zero-order chi connectivity index (χ0) is 7.98. The molecule has 1 N–H and O–H groups in total. The number of ether oxygens (including phenoxy) is 1. The Morgan fingerprint density at radius 1 is 1.70 bits per heavy atom. The third kappa shape index (κ3) is 4.32. The van der Waals surface area contributed by atoms with Crippen LogP contribution in [0, 0.1) is 5.92 Å². The number of carbonyl (C=O) groups is 1. The molecule has 0 aliphatic heterocycles. The molecule has 0 rings (SSSR count). The number of hydrogen-bond donors (Lipinski definition) is 1. The van der Waals surface area contributed by atoms with Crippen LogP contribution in [0.2, 0.25) is 0 Å². The monoisotopic (exact) mass is 145 g/mol. The maximum absolute atomic E-state index is 10.7. The molecular formula is C7H15NO2. The number of amides is 1. The van der Waals surface area contributed by atoms with E-state index in [0.717, 1.165) is 0 Å². The average Bonchev–Trinajstić information content (AvgIpc) is 1.88. The highest BCUT2D eigenvalue weighted by atomic mass is 16.5. The third-order valence-corrected chi connectivity index (χ3v) is 1.26. The van der Waals surface area contributed by atoms with Crippen molar-refractivity contribution in [3.63, 3.8) is 0 Å². The summed E-state index contributed by atoms with van der Waals surface area (Å²) in [5.74, 6) is 0.384. The van der Waals surface area contributed by atoms with E-state index < -0.39 is 0 Å². The van der Waals surface area contributed by atoms with Gasteiger partial charge in [-0.2, -0.15) is 0 Å². The van der Waals surface area contributed by atoms with Gasteiger partial charge in [0, 0.05) is 27.2 Å². The maximum atomic E-state index is 10.7. The van der Waals surface area contributed by atoms with Gasteiger partial charge in [-0.15, -0.1) is 0 Å². The van der Waals surface area contributed by atoms with Crippen molar-refractivity contribution in [3.05, 3.63) is 0 Å². The predicted molar refractivity (Wildman–Crippen MR) is 39.7 cm³/mol. The fourth-order valence-corrected chi connectivity index (χ4v) is 0.762. The van der Waals surface area contributed by atoms with Crippen LogP contribution in [-0.4, -0.2) is 26.7 Å². The first kappa shape index (κ1) is 9.43.